The first kappa shape index (κ1) is 13.7. The van der Waals surface area contributed by atoms with Crippen molar-refractivity contribution in [3.63, 3.8) is 0 Å². The minimum absolute atomic E-state index is 0.414. The molecule has 8 heteroatoms. The molecule has 0 heterocycles. The summed E-state index contributed by atoms with van der Waals surface area (Å²) < 4.78 is 37.8. The summed E-state index contributed by atoms with van der Waals surface area (Å²) in [6.45, 7) is 0. The average molecular weight is 261 g/mol. The second-order valence-electron chi connectivity index (χ2n) is 3.16. The Morgan fingerprint density at radius 1 is 1.39 bits per heavy atom. The molecule has 0 aliphatic heterocycles. The fourth-order valence-corrected chi connectivity index (χ4v) is 1.29. The van der Waals surface area contributed by atoms with E-state index in [1.807, 2.05) is 0 Å². The molecule has 0 saturated heterocycles. The van der Waals surface area contributed by atoms with Crippen LogP contribution in [0.4, 0.5) is 18.9 Å². The molecule has 0 radical (unpaired) electrons. The van der Waals surface area contributed by atoms with E-state index in [2.05, 4.69) is 0 Å². The molecule has 1 rings (SSSR count). The molecule has 0 amide bonds. The molecular weight excluding hydrogens is 255 g/mol. The summed E-state index contributed by atoms with van der Waals surface area (Å²) in [6, 6.07) is 2.41. The van der Waals surface area contributed by atoms with Gasteiger partial charge in [-0.1, -0.05) is 6.07 Å². The van der Waals surface area contributed by atoms with Gasteiger partial charge in [0.2, 0.25) is 0 Å². The average Bonchev–Trinajstić information content (AvgIpc) is 2.24. The van der Waals surface area contributed by atoms with E-state index >= 15 is 0 Å². The van der Waals surface area contributed by atoms with E-state index in [4.69, 9.17) is 5.11 Å². The fourth-order valence-electron chi connectivity index (χ4n) is 1.29. The largest absolute Gasteiger partial charge is 0.478 e. The summed E-state index contributed by atoms with van der Waals surface area (Å²) >= 11 is 0. The Balaban J connectivity index is 3.49. The van der Waals surface area contributed by atoms with Crippen molar-refractivity contribution in [1.82, 2.24) is 0 Å². The zero-order valence-corrected chi connectivity index (χ0v) is 8.64. The second kappa shape index (κ2) is 4.86. The lowest BCUT2D eigenvalue weighted by molar-refractivity contribution is -0.385. The van der Waals surface area contributed by atoms with Crippen molar-refractivity contribution in [2.24, 2.45) is 0 Å². The van der Waals surface area contributed by atoms with Crippen LogP contribution >= 0.6 is 0 Å². The van der Waals surface area contributed by atoms with E-state index in [9.17, 15) is 28.1 Å². The fraction of sp³-hybridized carbons (Fsp3) is 0.100. The van der Waals surface area contributed by atoms with Crippen molar-refractivity contribution in [3.8, 4) is 0 Å². The van der Waals surface area contributed by atoms with Gasteiger partial charge in [-0.25, -0.2) is 4.79 Å². The van der Waals surface area contributed by atoms with Crippen molar-refractivity contribution in [1.29, 1.82) is 0 Å². The van der Waals surface area contributed by atoms with Crippen LogP contribution in [0.25, 0.3) is 6.08 Å². The number of nitro groups is 1. The highest BCUT2D eigenvalue weighted by molar-refractivity contribution is 5.86. The summed E-state index contributed by atoms with van der Waals surface area (Å²) in [4.78, 5) is 19.9. The Hall–Kier alpha value is -2.38. The minimum Gasteiger partial charge on any atom is -0.478 e. The predicted molar refractivity (Wildman–Crippen MR) is 54.8 cm³/mol. The number of halogens is 3. The highest BCUT2D eigenvalue weighted by Gasteiger charge is 2.35. The summed E-state index contributed by atoms with van der Waals surface area (Å²) in [5.41, 5.74) is -2.84. The molecule has 0 bridgehead atoms. The Kier molecular flexibility index (Phi) is 3.70. The van der Waals surface area contributed by atoms with Crippen molar-refractivity contribution in [2.75, 3.05) is 0 Å². The lowest BCUT2D eigenvalue weighted by Crippen LogP contribution is -2.09. The Morgan fingerprint density at radius 3 is 2.44 bits per heavy atom. The number of benzene rings is 1. The van der Waals surface area contributed by atoms with E-state index in [0.717, 1.165) is 12.1 Å². The van der Waals surface area contributed by atoms with Gasteiger partial charge in [-0.3, -0.25) is 10.1 Å². The number of hydrogen-bond donors (Lipinski definition) is 1. The molecule has 18 heavy (non-hydrogen) atoms. The summed E-state index contributed by atoms with van der Waals surface area (Å²) in [6.07, 6.45) is -3.83. The lowest BCUT2D eigenvalue weighted by atomic mass is 10.0. The molecule has 0 spiro atoms. The predicted octanol–water partition coefficient (Wildman–Crippen LogP) is 2.71. The summed E-state index contributed by atoms with van der Waals surface area (Å²) in [5.74, 6) is -1.50. The number of alkyl halides is 3. The van der Waals surface area contributed by atoms with E-state index in [1.165, 1.54) is 0 Å². The third-order valence-electron chi connectivity index (χ3n) is 1.98. The van der Waals surface area contributed by atoms with E-state index in [1.54, 1.807) is 0 Å². The maximum Gasteiger partial charge on any atom is 0.417 e. The van der Waals surface area contributed by atoms with Crippen LogP contribution in [0.3, 0.4) is 0 Å². The molecule has 0 unspecified atom stereocenters. The number of nitro benzene ring substituents is 1. The quantitative estimate of drug-likeness (QED) is 0.515. The van der Waals surface area contributed by atoms with Gasteiger partial charge >= 0.3 is 12.1 Å². The van der Waals surface area contributed by atoms with Crippen molar-refractivity contribution in [3.05, 3.63) is 45.5 Å². The van der Waals surface area contributed by atoms with Gasteiger partial charge < -0.3 is 5.11 Å². The van der Waals surface area contributed by atoms with Crippen molar-refractivity contribution < 1.29 is 28.0 Å². The molecule has 1 aromatic carbocycles. The number of aliphatic carboxylic acids is 1. The van der Waals surface area contributed by atoms with Crippen LogP contribution < -0.4 is 0 Å². The first-order valence-corrected chi connectivity index (χ1v) is 4.49. The van der Waals surface area contributed by atoms with Gasteiger partial charge in [0.1, 0.15) is 0 Å². The Bertz CT molecular complexity index is 522. The topological polar surface area (TPSA) is 80.4 Å². The number of carbonyl (C=O) groups is 1. The minimum atomic E-state index is -4.80. The third-order valence-corrected chi connectivity index (χ3v) is 1.98. The van der Waals surface area contributed by atoms with E-state index in [-0.39, 0.29) is 0 Å². The molecule has 0 aliphatic carbocycles. The Morgan fingerprint density at radius 2 is 2.00 bits per heavy atom. The third kappa shape index (κ3) is 3.06. The molecule has 0 aromatic heterocycles. The van der Waals surface area contributed by atoms with Gasteiger partial charge in [-0.15, -0.1) is 0 Å². The molecular formula is C10H6F3NO4. The van der Waals surface area contributed by atoms with E-state index in [0.29, 0.717) is 18.2 Å². The molecule has 0 saturated carbocycles. The lowest BCUT2D eigenvalue weighted by Gasteiger charge is -2.09. The van der Waals surface area contributed by atoms with Crippen molar-refractivity contribution >= 4 is 17.7 Å². The molecule has 5 nitrogen and oxygen atoms in total. The van der Waals surface area contributed by atoms with Crippen LogP contribution in [-0.4, -0.2) is 16.0 Å². The van der Waals surface area contributed by atoms with Gasteiger partial charge in [0.15, 0.2) is 0 Å². The van der Waals surface area contributed by atoms with Crippen LogP contribution in [0.5, 0.6) is 0 Å². The summed E-state index contributed by atoms with van der Waals surface area (Å²) in [7, 11) is 0. The molecule has 0 atom stereocenters. The van der Waals surface area contributed by atoms with Gasteiger partial charge in [0.25, 0.3) is 5.69 Å². The number of hydrogen-bond acceptors (Lipinski definition) is 3. The maximum absolute atomic E-state index is 12.6. The highest BCUT2D eigenvalue weighted by atomic mass is 19.4. The smallest absolute Gasteiger partial charge is 0.417 e. The number of carboxylic acids is 1. The first-order valence-electron chi connectivity index (χ1n) is 4.49. The van der Waals surface area contributed by atoms with Crippen LogP contribution in [-0.2, 0) is 11.0 Å². The monoisotopic (exact) mass is 261 g/mol. The van der Waals surface area contributed by atoms with Crippen LogP contribution in [0.1, 0.15) is 11.1 Å². The van der Waals surface area contributed by atoms with Crippen LogP contribution in [0.15, 0.2) is 24.3 Å². The molecule has 96 valence electrons. The molecule has 0 fully saturated rings. The molecule has 1 aromatic rings. The number of carboxylic acid groups (broad SMARTS) is 1. The SMILES string of the molecule is O=C(O)C=Cc1c([N+](=O)[O-])cccc1C(F)(F)F. The number of nitrogens with zero attached hydrogens (tertiary/aromatic N) is 1. The van der Waals surface area contributed by atoms with Gasteiger partial charge in [0.05, 0.1) is 16.1 Å². The highest BCUT2D eigenvalue weighted by Crippen LogP contribution is 2.36. The van der Waals surface area contributed by atoms with Gasteiger partial charge in [-0.2, -0.15) is 13.2 Å². The van der Waals surface area contributed by atoms with Gasteiger partial charge in [0, 0.05) is 12.1 Å². The maximum atomic E-state index is 12.6. The first-order chi connectivity index (χ1) is 8.23. The molecule has 0 aliphatic rings. The zero-order chi connectivity index (χ0) is 13.9. The van der Waals surface area contributed by atoms with Crippen molar-refractivity contribution in [2.45, 2.75) is 6.18 Å². The van der Waals surface area contributed by atoms with Crippen LogP contribution in [0, 0.1) is 10.1 Å². The molecule has 1 N–H and O–H groups in total. The normalized spacial score (nSPS) is 11.7. The van der Waals surface area contributed by atoms with Crippen LogP contribution in [0.2, 0.25) is 0 Å². The number of rotatable bonds is 3. The Labute approximate surface area is 98.3 Å². The standard InChI is InChI=1S/C10H6F3NO4/c11-10(12,13)7-2-1-3-8(14(17)18)6(7)4-5-9(15)16/h1-5H,(H,15,16). The van der Waals surface area contributed by atoms with Gasteiger partial charge in [-0.05, 0) is 12.1 Å². The second-order valence-corrected chi connectivity index (χ2v) is 3.16. The summed E-state index contributed by atoms with van der Waals surface area (Å²) in [5, 5.41) is 19.0. The van der Waals surface area contributed by atoms with E-state index < -0.39 is 33.9 Å². The zero-order valence-electron chi connectivity index (χ0n) is 8.64.